The molecule has 0 aliphatic carbocycles. The van der Waals surface area contributed by atoms with Gasteiger partial charge < -0.3 is 4.42 Å². The van der Waals surface area contributed by atoms with Crippen molar-refractivity contribution in [3.05, 3.63) is 89.6 Å². The lowest BCUT2D eigenvalue weighted by Crippen LogP contribution is -2.22. The molecule has 0 fully saturated rings. The maximum Gasteiger partial charge on any atom is 0.416 e. The molecule has 0 N–H and O–H groups in total. The summed E-state index contributed by atoms with van der Waals surface area (Å²) in [6.45, 7) is 1.43. The highest BCUT2D eigenvalue weighted by molar-refractivity contribution is 5.25. The van der Waals surface area contributed by atoms with E-state index < -0.39 is 11.7 Å². The Kier molecular flexibility index (Phi) is 5.19. The lowest BCUT2D eigenvalue weighted by atomic mass is 10.1. The van der Waals surface area contributed by atoms with E-state index in [0.29, 0.717) is 25.2 Å². The van der Waals surface area contributed by atoms with Gasteiger partial charge in [-0.25, -0.2) is 0 Å². The average Bonchev–Trinajstić information content (AvgIpc) is 3.08. The lowest BCUT2D eigenvalue weighted by molar-refractivity contribution is -0.137. The maximum absolute atomic E-state index is 12.9. The molecule has 3 rings (SSSR count). The average molecular weight is 346 g/mol. The number of hydrogen-bond donors (Lipinski definition) is 0. The van der Waals surface area contributed by atoms with Gasteiger partial charge in [0.05, 0.1) is 18.4 Å². The van der Waals surface area contributed by atoms with Crippen LogP contribution in [0.25, 0.3) is 0 Å². The van der Waals surface area contributed by atoms with Gasteiger partial charge in [0.1, 0.15) is 5.76 Å². The molecule has 0 aliphatic rings. The van der Waals surface area contributed by atoms with Crippen LogP contribution in [0.3, 0.4) is 0 Å². The lowest BCUT2D eigenvalue weighted by Gasteiger charge is -2.22. The first-order valence-electron chi connectivity index (χ1n) is 7.80. The Morgan fingerprint density at radius 2 is 1.72 bits per heavy atom. The number of nitrogens with zero attached hydrogens (tertiary/aromatic N) is 2. The van der Waals surface area contributed by atoms with Crippen LogP contribution >= 0.6 is 0 Å². The third-order valence-electron chi connectivity index (χ3n) is 3.75. The van der Waals surface area contributed by atoms with Gasteiger partial charge in [-0.15, -0.1) is 0 Å². The molecule has 0 atom stereocenters. The molecule has 3 aromatic rings. The zero-order valence-electron chi connectivity index (χ0n) is 13.4. The minimum atomic E-state index is -4.34. The van der Waals surface area contributed by atoms with Crippen LogP contribution in [-0.4, -0.2) is 9.88 Å². The van der Waals surface area contributed by atoms with Crippen LogP contribution in [0.15, 0.2) is 71.6 Å². The normalized spacial score (nSPS) is 11.8. The molecule has 0 radical (unpaired) electrons. The molecule has 0 unspecified atom stereocenters. The third-order valence-corrected chi connectivity index (χ3v) is 3.75. The van der Waals surface area contributed by atoms with Gasteiger partial charge in [0.2, 0.25) is 0 Å². The first kappa shape index (κ1) is 17.2. The number of furan rings is 1. The second-order valence-electron chi connectivity index (χ2n) is 5.78. The molecule has 130 valence electrons. The fourth-order valence-electron chi connectivity index (χ4n) is 2.64. The predicted molar refractivity (Wildman–Crippen MR) is 87.3 cm³/mol. The summed E-state index contributed by atoms with van der Waals surface area (Å²) in [4.78, 5) is 6.11. The zero-order valence-corrected chi connectivity index (χ0v) is 13.4. The van der Waals surface area contributed by atoms with E-state index in [4.69, 9.17) is 4.42 Å². The fraction of sp³-hybridized carbons (Fsp3) is 0.211. The van der Waals surface area contributed by atoms with Crippen molar-refractivity contribution in [3.8, 4) is 0 Å². The second kappa shape index (κ2) is 7.53. The van der Waals surface area contributed by atoms with Crippen molar-refractivity contribution in [3.63, 3.8) is 0 Å². The topological polar surface area (TPSA) is 29.3 Å². The van der Waals surface area contributed by atoms with E-state index in [1.807, 2.05) is 23.1 Å². The molecule has 0 saturated heterocycles. The molecular formula is C19H17F3N2O. The number of pyridine rings is 1. The quantitative estimate of drug-likeness (QED) is 0.636. The molecule has 0 spiro atoms. The summed E-state index contributed by atoms with van der Waals surface area (Å²) in [5.74, 6) is 0.760. The Hall–Kier alpha value is -2.60. The summed E-state index contributed by atoms with van der Waals surface area (Å²) >= 11 is 0. The van der Waals surface area contributed by atoms with Crippen LogP contribution in [0.1, 0.15) is 22.5 Å². The molecular weight excluding hydrogens is 329 g/mol. The molecule has 2 heterocycles. The van der Waals surface area contributed by atoms with Gasteiger partial charge in [0.25, 0.3) is 0 Å². The van der Waals surface area contributed by atoms with E-state index in [1.165, 1.54) is 12.1 Å². The minimum absolute atomic E-state index is 0.375. The van der Waals surface area contributed by atoms with Crippen LogP contribution in [0.4, 0.5) is 13.2 Å². The van der Waals surface area contributed by atoms with Gasteiger partial charge in [-0.3, -0.25) is 9.88 Å². The molecule has 6 heteroatoms. The van der Waals surface area contributed by atoms with Crippen LogP contribution < -0.4 is 0 Å². The molecule has 25 heavy (non-hydrogen) atoms. The van der Waals surface area contributed by atoms with Gasteiger partial charge in [-0.1, -0.05) is 24.3 Å². The summed E-state index contributed by atoms with van der Waals surface area (Å²) in [6.07, 6.45) is 0.682. The SMILES string of the molecule is FC(F)(F)c1cccc(CN(Cc2cccnc2)Cc2ccco2)c1. The molecule has 0 saturated carbocycles. The second-order valence-corrected chi connectivity index (χ2v) is 5.78. The highest BCUT2D eigenvalue weighted by atomic mass is 19.4. The van der Waals surface area contributed by atoms with Crippen LogP contribution in [-0.2, 0) is 25.8 Å². The first-order chi connectivity index (χ1) is 12.0. The van der Waals surface area contributed by atoms with Gasteiger partial charge in [-0.2, -0.15) is 13.2 Å². The Morgan fingerprint density at radius 1 is 0.920 bits per heavy atom. The number of aromatic nitrogens is 1. The number of rotatable bonds is 6. The number of alkyl halides is 3. The summed E-state index contributed by atoms with van der Waals surface area (Å²) in [5, 5.41) is 0. The van der Waals surface area contributed by atoms with E-state index >= 15 is 0 Å². The molecule has 0 amide bonds. The fourth-order valence-corrected chi connectivity index (χ4v) is 2.64. The van der Waals surface area contributed by atoms with Crippen molar-refractivity contribution >= 4 is 0 Å². The summed E-state index contributed by atoms with van der Waals surface area (Å²) in [6, 6.07) is 12.8. The Labute approximate surface area is 143 Å². The van der Waals surface area contributed by atoms with Gasteiger partial charge in [0, 0.05) is 25.5 Å². The van der Waals surface area contributed by atoms with Crippen LogP contribution in [0.5, 0.6) is 0 Å². The first-order valence-corrected chi connectivity index (χ1v) is 7.80. The standard InChI is InChI=1S/C19H17F3N2O/c20-19(21,22)17-6-1-4-15(10-17)12-24(14-18-7-3-9-25-18)13-16-5-2-8-23-11-16/h1-11H,12-14H2. The molecule has 0 aliphatic heterocycles. The Balaban J connectivity index is 1.79. The van der Waals surface area contributed by atoms with Crippen molar-refractivity contribution in [1.82, 2.24) is 9.88 Å². The van der Waals surface area contributed by atoms with Crippen LogP contribution in [0, 0.1) is 0 Å². The molecule has 0 bridgehead atoms. The highest BCUT2D eigenvalue weighted by Crippen LogP contribution is 2.30. The van der Waals surface area contributed by atoms with E-state index in [0.717, 1.165) is 17.4 Å². The Bertz CT molecular complexity index is 786. The van der Waals surface area contributed by atoms with Gasteiger partial charge in [0.15, 0.2) is 0 Å². The van der Waals surface area contributed by atoms with Crippen molar-refractivity contribution in [2.24, 2.45) is 0 Å². The Morgan fingerprint density at radius 3 is 2.40 bits per heavy atom. The van der Waals surface area contributed by atoms with Crippen molar-refractivity contribution in [1.29, 1.82) is 0 Å². The minimum Gasteiger partial charge on any atom is -0.468 e. The van der Waals surface area contributed by atoms with Crippen molar-refractivity contribution in [2.75, 3.05) is 0 Å². The van der Waals surface area contributed by atoms with Crippen molar-refractivity contribution in [2.45, 2.75) is 25.8 Å². The van der Waals surface area contributed by atoms with Gasteiger partial charge in [-0.05, 0) is 35.4 Å². The summed E-state index contributed by atoms with van der Waals surface area (Å²) in [7, 11) is 0. The van der Waals surface area contributed by atoms with Crippen molar-refractivity contribution < 1.29 is 17.6 Å². The van der Waals surface area contributed by atoms with E-state index in [9.17, 15) is 13.2 Å². The van der Waals surface area contributed by atoms with Crippen LogP contribution in [0.2, 0.25) is 0 Å². The number of hydrogen-bond acceptors (Lipinski definition) is 3. The number of halogens is 3. The smallest absolute Gasteiger partial charge is 0.416 e. The van der Waals surface area contributed by atoms with E-state index in [2.05, 4.69) is 4.98 Å². The number of benzene rings is 1. The monoisotopic (exact) mass is 346 g/mol. The molecule has 3 nitrogen and oxygen atoms in total. The largest absolute Gasteiger partial charge is 0.468 e. The van der Waals surface area contributed by atoms with Gasteiger partial charge >= 0.3 is 6.18 Å². The summed E-state index contributed by atoms with van der Waals surface area (Å²) < 4.78 is 44.1. The maximum atomic E-state index is 12.9. The van der Waals surface area contributed by atoms with E-state index in [1.54, 1.807) is 30.8 Å². The molecule has 2 aromatic heterocycles. The zero-order chi connectivity index (χ0) is 17.7. The predicted octanol–water partition coefficient (Wildman–Crippen LogP) is 4.90. The molecule has 1 aromatic carbocycles. The van der Waals surface area contributed by atoms with E-state index in [-0.39, 0.29) is 0 Å². The summed E-state index contributed by atoms with van der Waals surface area (Å²) in [5.41, 5.74) is 0.954. The third kappa shape index (κ3) is 4.93. The highest BCUT2D eigenvalue weighted by Gasteiger charge is 2.30.